The number of alkyl halides is 3. The van der Waals surface area contributed by atoms with Crippen LogP contribution in [0.5, 0.6) is 0 Å². The van der Waals surface area contributed by atoms with Crippen LogP contribution in [0.3, 0.4) is 0 Å². The van der Waals surface area contributed by atoms with Crippen molar-refractivity contribution in [3.8, 4) is 0 Å². The third-order valence-electron chi connectivity index (χ3n) is 4.40. The number of nitro groups is 1. The first-order valence-electron chi connectivity index (χ1n) is 8.54. The molecule has 0 aliphatic heterocycles. The van der Waals surface area contributed by atoms with E-state index in [9.17, 15) is 23.3 Å². The van der Waals surface area contributed by atoms with Crippen LogP contribution < -0.4 is 10.6 Å². The lowest BCUT2D eigenvalue weighted by atomic mass is 10.1. The Balaban J connectivity index is 2.02. The molecule has 0 atom stereocenters. The number of hydrogen-bond donors (Lipinski definition) is 2. The molecule has 0 radical (unpaired) electrons. The molecule has 0 saturated heterocycles. The number of hydrogen-bond acceptors (Lipinski definition) is 6. The Hall–Kier alpha value is -3.40. The van der Waals surface area contributed by atoms with Crippen LogP contribution in [0.4, 0.5) is 41.9 Å². The summed E-state index contributed by atoms with van der Waals surface area (Å²) in [4.78, 5) is 18.8. The molecule has 3 rings (SSSR count). The number of halogens is 4. The zero-order chi connectivity index (χ0) is 22.1. The van der Waals surface area contributed by atoms with Crippen molar-refractivity contribution in [3.05, 3.63) is 74.6 Å². The van der Waals surface area contributed by atoms with Gasteiger partial charge in [-0.05, 0) is 49.2 Å². The maximum Gasteiger partial charge on any atom is 0.417 e. The summed E-state index contributed by atoms with van der Waals surface area (Å²) in [6.07, 6.45) is -3.61. The van der Waals surface area contributed by atoms with Gasteiger partial charge in [-0.1, -0.05) is 23.7 Å². The minimum Gasteiger partial charge on any atom is -0.334 e. The Labute approximate surface area is 174 Å². The van der Waals surface area contributed by atoms with Crippen molar-refractivity contribution in [1.29, 1.82) is 0 Å². The van der Waals surface area contributed by atoms with Crippen molar-refractivity contribution in [1.82, 2.24) is 9.97 Å². The van der Waals surface area contributed by atoms with Gasteiger partial charge in [-0.3, -0.25) is 10.1 Å². The summed E-state index contributed by atoms with van der Waals surface area (Å²) in [5, 5.41) is 16.7. The number of anilines is 4. The Bertz CT molecular complexity index is 1120. The lowest BCUT2D eigenvalue weighted by Crippen LogP contribution is -2.08. The molecule has 0 aliphatic carbocycles. The van der Waals surface area contributed by atoms with Crippen LogP contribution >= 0.6 is 11.6 Å². The molecular weight excluding hydrogens is 423 g/mol. The minimum atomic E-state index is -4.68. The van der Waals surface area contributed by atoms with E-state index in [2.05, 4.69) is 20.6 Å². The molecule has 7 nitrogen and oxygen atoms in total. The van der Waals surface area contributed by atoms with Gasteiger partial charge >= 0.3 is 11.9 Å². The standard InChI is InChI=1S/C19H15ClF3N5O2/c1-10-4-3-5-15(11(10)2)27-18-16(28(29)30)17(24-9-25-18)26-12-6-7-14(20)13(8-12)19(21,22)23/h3-9H,1-2H3,(H2,24,25,26,27). The van der Waals surface area contributed by atoms with Crippen LogP contribution in [0.2, 0.25) is 5.02 Å². The molecule has 156 valence electrons. The largest absolute Gasteiger partial charge is 0.417 e. The van der Waals surface area contributed by atoms with Crippen LogP contribution in [0.25, 0.3) is 0 Å². The highest BCUT2D eigenvalue weighted by atomic mass is 35.5. The fraction of sp³-hybridized carbons (Fsp3) is 0.158. The SMILES string of the molecule is Cc1cccc(Nc2ncnc(Nc3ccc(Cl)c(C(F)(F)F)c3)c2[N+](=O)[O-])c1C. The second-order valence-electron chi connectivity index (χ2n) is 6.37. The predicted octanol–water partition coefficient (Wildman–Crippen LogP) is 6.16. The van der Waals surface area contributed by atoms with E-state index in [-0.39, 0.29) is 17.3 Å². The van der Waals surface area contributed by atoms with E-state index in [1.807, 2.05) is 19.9 Å². The number of nitrogens with one attached hydrogen (secondary N) is 2. The van der Waals surface area contributed by atoms with Gasteiger partial charge in [0.05, 0.1) is 15.5 Å². The van der Waals surface area contributed by atoms with Gasteiger partial charge in [-0.15, -0.1) is 0 Å². The summed E-state index contributed by atoms with van der Waals surface area (Å²) >= 11 is 5.62. The molecule has 0 spiro atoms. The fourth-order valence-electron chi connectivity index (χ4n) is 2.71. The van der Waals surface area contributed by atoms with Crippen LogP contribution in [0.1, 0.15) is 16.7 Å². The Morgan fingerprint density at radius 1 is 1.07 bits per heavy atom. The molecule has 1 aromatic heterocycles. The van der Waals surface area contributed by atoms with E-state index >= 15 is 0 Å². The first kappa shape index (κ1) is 21.3. The fourth-order valence-corrected chi connectivity index (χ4v) is 2.93. The van der Waals surface area contributed by atoms with E-state index in [0.29, 0.717) is 5.69 Å². The van der Waals surface area contributed by atoms with Crippen molar-refractivity contribution < 1.29 is 18.1 Å². The first-order chi connectivity index (χ1) is 14.1. The molecule has 1 heterocycles. The summed E-state index contributed by atoms with van der Waals surface area (Å²) in [7, 11) is 0. The highest BCUT2D eigenvalue weighted by Crippen LogP contribution is 2.38. The topological polar surface area (TPSA) is 93.0 Å². The van der Waals surface area contributed by atoms with Crippen LogP contribution in [-0.2, 0) is 6.18 Å². The lowest BCUT2D eigenvalue weighted by Gasteiger charge is -2.14. The molecule has 0 bridgehead atoms. The Kier molecular flexibility index (Phi) is 5.79. The lowest BCUT2D eigenvalue weighted by molar-refractivity contribution is -0.383. The van der Waals surface area contributed by atoms with Crippen LogP contribution in [0.15, 0.2) is 42.7 Å². The van der Waals surface area contributed by atoms with Gasteiger partial charge in [0.15, 0.2) is 0 Å². The summed E-state index contributed by atoms with van der Waals surface area (Å²) in [6, 6.07) is 8.47. The monoisotopic (exact) mass is 437 g/mol. The van der Waals surface area contributed by atoms with Gasteiger partial charge in [0.25, 0.3) is 0 Å². The molecule has 11 heteroatoms. The number of rotatable bonds is 5. The van der Waals surface area contributed by atoms with Gasteiger partial charge in [0.1, 0.15) is 6.33 Å². The minimum absolute atomic E-state index is 0.0637. The number of benzene rings is 2. The molecule has 0 fully saturated rings. The van der Waals surface area contributed by atoms with E-state index in [1.54, 1.807) is 12.1 Å². The second-order valence-corrected chi connectivity index (χ2v) is 6.77. The van der Waals surface area contributed by atoms with Crippen molar-refractivity contribution in [3.63, 3.8) is 0 Å². The third-order valence-corrected chi connectivity index (χ3v) is 4.73. The summed E-state index contributed by atoms with van der Waals surface area (Å²) in [6.45, 7) is 3.73. The molecule has 0 saturated carbocycles. The third kappa shape index (κ3) is 4.43. The quantitative estimate of drug-likeness (QED) is 0.366. The average Bonchev–Trinajstić information content (AvgIpc) is 2.66. The zero-order valence-electron chi connectivity index (χ0n) is 15.7. The van der Waals surface area contributed by atoms with Crippen LogP contribution in [-0.4, -0.2) is 14.9 Å². The second kappa shape index (κ2) is 8.15. The number of nitrogens with zero attached hydrogens (tertiary/aromatic N) is 3. The molecule has 0 unspecified atom stereocenters. The van der Waals surface area contributed by atoms with E-state index in [4.69, 9.17) is 11.6 Å². The molecule has 2 aromatic carbocycles. The Morgan fingerprint density at radius 3 is 2.37 bits per heavy atom. The first-order valence-corrected chi connectivity index (χ1v) is 8.92. The van der Waals surface area contributed by atoms with Crippen molar-refractivity contribution in [2.45, 2.75) is 20.0 Å². The van der Waals surface area contributed by atoms with Gasteiger partial charge in [-0.25, -0.2) is 9.97 Å². The predicted molar refractivity (Wildman–Crippen MR) is 108 cm³/mol. The molecule has 3 aromatic rings. The van der Waals surface area contributed by atoms with E-state index < -0.39 is 27.4 Å². The zero-order valence-corrected chi connectivity index (χ0v) is 16.5. The number of aryl methyl sites for hydroxylation is 1. The summed E-state index contributed by atoms with van der Waals surface area (Å²) < 4.78 is 39.3. The molecule has 0 amide bonds. The van der Waals surface area contributed by atoms with Gasteiger partial charge in [-0.2, -0.15) is 13.2 Å². The van der Waals surface area contributed by atoms with Gasteiger partial charge in [0.2, 0.25) is 11.6 Å². The van der Waals surface area contributed by atoms with Crippen LogP contribution in [0, 0.1) is 24.0 Å². The van der Waals surface area contributed by atoms with Crippen molar-refractivity contribution in [2.75, 3.05) is 10.6 Å². The number of aromatic nitrogens is 2. The normalized spacial score (nSPS) is 11.3. The smallest absolute Gasteiger partial charge is 0.334 e. The Morgan fingerprint density at radius 2 is 1.73 bits per heavy atom. The molecular formula is C19H15ClF3N5O2. The highest BCUT2D eigenvalue weighted by Gasteiger charge is 2.33. The maximum absolute atomic E-state index is 13.1. The highest BCUT2D eigenvalue weighted by molar-refractivity contribution is 6.31. The summed E-state index contributed by atoms with van der Waals surface area (Å²) in [5.41, 5.74) is 0.796. The molecule has 0 aliphatic rings. The summed E-state index contributed by atoms with van der Waals surface area (Å²) in [5.74, 6) is -0.366. The molecule has 30 heavy (non-hydrogen) atoms. The molecule has 2 N–H and O–H groups in total. The van der Waals surface area contributed by atoms with Gasteiger partial charge < -0.3 is 10.6 Å². The van der Waals surface area contributed by atoms with Gasteiger partial charge in [0, 0.05) is 11.4 Å². The average molecular weight is 438 g/mol. The van der Waals surface area contributed by atoms with E-state index in [0.717, 1.165) is 29.6 Å². The van der Waals surface area contributed by atoms with E-state index in [1.165, 1.54) is 6.07 Å². The maximum atomic E-state index is 13.1. The van der Waals surface area contributed by atoms with Crippen molar-refractivity contribution >= 4 is 40.3 Å². The van der Waals surface area contributed by atoms with Crippen molar-refractivity contribution in [2.24, 2.45) is 0 Å².